The number of nitriles is 1. The maximum atomic E-state index is 13.5. The van der Waals surface area contributed by atoms with E-state index in [2.05, 4.69) is 0 Å². The molecule has 1 aliphatic rings. The van der Waals surface area contributed by atoms with Gasteiger partial charge in [-0.3, -0.25) is 0 Å². The van der Waals surface area contributed by atoms with E-state index in [0.29, 0.717) is 31.9 Å². The van der Waals surface area contributed by atoms with Gasteiger partial charge >= 0.3 is 0 Å². The summed E-state index contributed by atoms with van der Waals surface area (Å²) in [5, 5.41) is 10.4. The van der Waals surface area contributed by atoms with Gasteiger partial charge in [-0.2, -0.15) is 10.3 Å². The molecule has 0 unspecified atom stereocenters. The first-order valence-electron chi connectivity index (χ1n) is 5.59. The van der Waals surface area contributed by atoms with Crippen LogP contribution in [-0.2, 0) is 4.84 Å². The van der Waals surface area contributed by atoms with Gasteiger partial charge in [0.1, 0.15) is 23.3 Å². The van der Waals surface area contributed by atoms with Crippen molar-refractivity contribution in [1.29, 1.82) is 5.26 Å². The lowest BCUT2D eigenvalue weighted by molar-refractivity contribution is -0.133. The zero-order valence-corrected chi connectivity index (χ0v) is 9.99. The van der Waals surface area contributed by atoms with E-state index in [4.69, 9.17) is 10.1 Å². The Balaban J connectivity index is 2.18. The van der Waals surface area contributed by atoms with Crippen molar-refractivity contribution in [2.75, 3.05) is 38.2 Å². The highest BCUT2D eigenvalue weighted by atomic mass is 19.1. The Morgan fingerprint density at radius 1 is 1.17 bits per heavy atom. The molecule has 1 saturated heterocycles. The monoisotopic (exact) mass is 253 g/mol. The number of piperazine rings is 1. The second-order valence-electron chi connectivity index (χ2n) is 3.99. The van der Waals surface area contributed by atoms with Crippen molar-refractivity contribution < 1.29 is 13.6 Å². The van der Waals surface area contributed by atoms with E-state index in [1.165, 1.54) is 18.2 Å². The molecule has 6 heteroatoms. The number of nitrogens with zero attached hydrogens (tertiary/aromatic N) is 3. The van der Waals surface area contributed by atoms with Crippen LogP contribution in [0.3, 0.4) is 0 Å². The fourth-order valence-corrected chi connectivity index (χ4v) is 1.98. The number of halogens is 2. The number of hydrogen-bond donors (Lipinski definition) is 0. The topological polar surface area (TPSA) is 39.5 Å². The molecule has 0 N–H and O–H groups in total. The van der Waals surface area contributed by atoms with Crippen molar-refractivity contribution in [3.8, 4) is 6.07 Å². The predicted octanol–water partition coefficient (Wildman–Crippen LogP) is 1.52. The van der Waals surface area contributed by atoms with Gasteiger partial charge in [-0.15, -0.1) is 0 Å². The number of anilines is 1. The van der Waals surface area contributed by atoms with Gasteiger partial charge in [-0.25, -0.2) is 8.78 Å². The van der Waals surface area contributed by atoms with Gasteiger partial charge in [0.2, 0.25) is 0 Å². The maximum absolute atomic E-state index is 13.5. The predicted molar refractivity (Wildman–Crippen MR) is 61.9 cm³/mol. The third-order valence-corrected chi connectivity index (χ3v) is 3.00. The quantitative estimate of drug-likeness (QED) is 0.801. The van der Waals surface area contributed by atoms with Crippen molar-refractivity contribution in [2.45, 2.75) is 0 Å². The number of hydrogen-bond acceptors (Lipinski definition) is 4. The molecular weight excluding hydrogens is 240 g/mol. The molecule has 0 bridgehead atoms. The molecule has 18 heavy (non-hydrogen) atoms. The van der Waals surface area contributed by atoms with Gasteiger partial charge in [0.15, 0.2) is 0 Å². The van der Waals surface area contributed by atoms with Crippen molar-refractivity contribution in [1.82, 2.24) is 5.06 Å². The molecule has 0 atom stereocenters. The molecule has 1 fully saturated rings. The maximum Gasteiger partial charge on any atom is 0.146 e. The summed E-state index contributed by atoms with van der Waals surface area (Å²) in [6.07, 6.45) is 0. The zero-order valence-electron chi connectivity index (χ0n) is 9.99. The number of benzene rings is 1. The summed E-state index contributed by atoms with van der Waals surface area (Å²) in [4.78, 5) is 6.94. The van der Waals surface area contributed by atoms with E-state index < -0.39 is 17.2 Å². The van der Waals surface area contributed by atoms with Crippen LogP contribution < -0.4 is 4.90 Å². The Morgan fingerprint density at radius 2 is 1.72 bits per heavy atom. The summed E-state index contributed by atoms with van der Waals surface area (Å²) in [6, 6.07) is 3.91. The third kappa shape index (κ3) is 2.42. The third-order valence-electron chi connectivity index (χ3n) is 3.00. The Kier molecular flexibility index (Phi) is 3.75. The molecule has 0 aromatic heterocycles. The van der Waals surface area contributed by atoms with Crippen LogP contribution in [0.4, 0.5) is 14.5 Å². The number of hydroxylamine groups is 2. The minimum Gasteiger partial charge on any atom is -0.369 e. The lowest BCUT2D eigenvalue weighted by atomic mass is 10.1. The van der Waals surface area contributed by atoms with E-state index >= 15 is 0 Å². The Bertz CT molecular complexity index is 456. The lowest BCUT2D eigenvalue weighted by Gasteiger charge is -2.34. The average molecular weight is 253 g/mol. The highest BCUT2D eigenvalue weighted by Crippen LogP contribution is 2.22. The van der Waals surface area contributed by atoms with Gasteiger partial charge < -0.3 is 9.74 Å². The van der Waals surface area contributed by atoms with Gasteiger partial charge in [0, 0.05) is 31.9 Å². The zero-order chi connectivity index (χ0) is 13.1. The molecule has 1 aliphatic heterocycles. The SMILES string of the molecule is CON1CCN(c2cc(F)c(C#N)c(F)c2)CC1. The lowest BCUT2D eigenvalue weighted by Crippen LogP contribution is -2.45. The van der Waals surface area contributed by atoms with Crippen molar-refractivity contribution in [3.63, 3.8) is 0 Å². The van der Waals surface area contributed by atoms with Crippen LogP contribution >= 0.6 is 0 Å². The average Bonchev–Trinajstić information content (AvgIpc) is 2.38. The summed E-state index contributed by atoms with van der Waals surface area (Å²) in [5.74, 6) is -1.64. The Morgan fingerprint density at radius 3 is 2.17 bits per heavy atom. The van der Waals surface area contributed by atoms with Crippen LogP contribution in [0.2, 0.25) is 0 Å². The fourth-order valence-electron chi connectivity index (χ4n) is 1.98. The molecule has 1 heterocycles. The van der Waals surface area contributed by atoms with E-state index in [0.717, 1.165) is 0 Å². The van der Waals surface area contributed by atoms with Crippen molar-refractivity contribution in [2.24, 2.45) is 0 Å². The Labute approximate surface area is 104 Å². The molecule has 0 amide bonds. The first kappa shape index (κ1) is 12.7. The normalized spacial score (nSPS) is 16.7. The molecule has 1 aromatic carbocycles. The van der Waals surface area contributed by atoms with Gasteiger partial charge in [-0.1, -0.05) is 0 Å². The first-order chi connectivity index (χ1) is 8.65. The second-order valence-corrected chi connectivity index (χ2v) is 3.99. The van der Waals surface area contributed by atoms with Gasteiger partial charge in [-0.05, 0) is 12.1 Å². The molecule has 2 rings (SSSR count). The molecule has 4 nitrogen and oxygen atoms in total. The molecule has 0 aliphatic carbocycles. The molecular formula is C12H13F2N3O. The summed E-state index contributed by atoms with van der Waals surface area (Å²) in [5.41, 5.74) is -0.0750. The van der Waals surface area contributed by atoms with E-state index in [1.54, 1.807) is 12.2 Å². The molecule has 0 spiro atoms. The molecule has 0 radical (unpaired) electrons. The molecule has 0 saturated carbocycles. The summed E-state index contributed by atoms with van der Waals surface area (Å²) >= 11 is 0. The summed E-state index contributed by atoms with van der Waals surface area (Å²) in [6.45, 7) is 2.58. The summed E-state index contributed by atoms with van der Waals surface area (Å²) in [7, 11) is 1.59. The summed E-state index contributed by atoms with van der Waals surface area (Å²) < 4.78 is 27.0. The molecule has 1 aromatic rings. The van der Waals surface area contributed by atoms with Crippen molar-refractivity contribution in [3.05, 3.63) is 29.3 Å². The first-order valence-corrected chi connectivity index (χ1v) is 5.59. The van der Waals surface area contributed by atoms with E-state index in [1.807, 2.05) is 4.90 Å². The van der Waals surface area contributed by atoms with Crippen LogP contribution in [0.15, 0.2) is 12.1 Å². The standard InChI is InChI=1S/C12H13F2N3O/c1-18-17-4-2-16(3-5-17)9-6-11(13)10(8-15)12(14)7-9/h6-7H,2-5H2,1H3. The minimum absolute atomic E-state index is 0.458. The van der Waals surface area contributed by atoms with Crippen LogP contribution in [0.25, 0.3) is 0 Å². The van der Waals surface area contributed by atoms with Crippen LogP contribution in [-0.4, -0.2) is 38.4 Å². The van der Waals surface area contributed by atoms with Crippen LogP contribution in [0, 0.1) is 23.0 Å². The van der Waals surface area contributed by atoms with E-state index in [9.17, 15) is 8.78 Å². The van der Waals surface area contributed by atoms with Crippen LogP contribution in [0.1, 0.15) is 5.56 Å². The largest absolute Gasteiger partial charge is 0.369 e. The van der Waals surface area contributed by atoms with Crippen LogP contribution in [0.5, 0.6) is 0 Å². The number of rotatable bonds is 2. The van der Waals surface area contributed by atoms with Gasteiger partial charge in [0.05, 0.1) is 7.11 Å². The fraction of sp³-hybridized carbons (Fsp3) is 0.417. The van der Waals surface area contributed by atoms with E-state index in [-0.39, 0.29) is 0 Å². The highest BCUT2D eigenvalue weighted by Gasteiger charge is 2.19. The highest BCUT2D eigenvalue weighted by molar-refractivity contribution is 5.51. The van der Waals surface area contributed by atoms with Crippen molar-refractivity contribution >= 4 is 5.69 Å². The minimum atomic E-state index is -0.818. The van der Waals surface area contributed by atoms with Gasteiger partial charge in [0.25, 0.3) is 0 Å². The molecule has 96 valence electrons. The smallest absolute Gasteiger partial charge is 0.146 e. The Hall–Kier alpha value is -1.71. The second kappa shape index (κ2) is 5.29.